The van der Waals surface area contributed by atoms with Gasteiger partial charge in [0.2, 0.25) is 0 Å². The Bertz CT molecular complexity index is 772. The maximum Gasteiger partial charge on any atom is 0.255 e. The van der Waals surface area contributed by atoms with E-state index in [-0.39, 0.29) is 12.0 Å². The molecule has 0 unspecified atom stereocenters. The summed E-state index contributed by atoms with van der Waals surface area (Å²) in [5.74, 6) is 2.08. The lowest BCUT2D eigenvalue weighted by Crippen LogP contribution is -2.16. The highest BCUT2D eigenvalue weighted by molar-refractivity contribution is 6.04. The Hall–Kier alpha value is -2.69. The predicted molar refractivity (Wildman–Crippen MR) is 85.6 cm³/mol. The number of nitrogens with one attached hydrogen (secondary N) is 1. The Kier molecular flexibility index (Phi) is 3.33. The fourth-order valence-electron chi connectivity index (χ4n) is 2.89. The minimum atomic E-state index is -0.149. The van der Waals surface area contributed by atoms with Gasteiger partial charge in [-0.1, -0.05) is 0 Å². The highest BCUT2D eigenvalue weighted by atomic mass is 16.6. The summed E-state index contributed by atoms with van der Waals surface area (Å²) >= 11 is 0. The van der Waals surface area contributed by atoms with E-state index in [1.165, 1.54) is 0 Å². The van der Waals surface area contributed by atoms with Crippen LogP contribution in [0.25, 0.3) is 0 Å². The minimum absolute atomic E-state index is 0.149. The highest BCUT2D eigenvalue weighted by Gasteiger charge is 2.20. The van der Waals surface area contributed by atoms with Gasteiger partial charge in [-0.2, -0.15) is 0 Å². The van der Waals surface area contributed by atoms with E-state index >= 15 is 0 Å². The van der Waals surface area contributed by atoms with Crippen LogP contribution >= 0.6 is 0 Å². The summed E-state index contributed by atoms with van der Waals surface area (Å²) in [4.78, 5) is 12.4. The molecule has 0 fully saturated rings. The maximum atomic E-state index is 12.4. The number of ether oxygens (including phenoxy) is 3. The molecule has 0 bridgehead atoms. The Morgan fingerprint density at radius 2 is 1.83 bits per heavy atom. The fourth-order valence-corrected chi connectivity index (χ4v) is 2.89. The lowest BCUT2D eigenvalue weighted by molar-refractivity contribution is 0.102. The molecular formula is C18H17NO4. The average molecular weight is 311 g/mol. The number of anilines is 1. The zero-order valence-corrected chi connectivity index (χ0v) is 12.8. The molecule has 0 radical (unpaired) electrons. The zero-order valence-electron chi connectivity index (χ0n) is 12.8. The van der Waals surface area contributed by atoms with Crippen LogP contribution < -0.4 is 19.5 Å². The van der Waals surface area contributed by atoms with Crippen LogP contribution in [0.3, 0.4) is 0 Å². The molecule has 118 valence electrons. The molecule has 0 aromatic heterocycles. The summed E-state index contributed by atoms with van der Waals surface area (Å²) in [6.45, 7) is 3.09. The molecule has 4 rings (SSSR count). The van der Waals surface area contributed by atoms with Gasteiger partial charge in [0.1, 0.15) is 25.1 Å². The van der Waals surface area contributed by atoms with Crippen molar-refractivity contribution in [3.05, 3.63) is 47.5 Å². The molecule has 2 aromatic rings. The van der Waals surface area contributed by atoms with Crippen LogP contribution in [0.2, 0.25) is 0 Å². The van der Waals surface area contributed by atoms with Crippen molar-refractivity contribution in [3.8, 4) is 17.2 Å². The second kappa shape index (κ2) is 5.50. The molecule has 2 aromatic carbocycles. The van der Waals surface area contributed by atoms with E-state index in [2.05, 4.69) is 5.32 Å². The normalized spacial score (nSPS) is 18.0. The standard InChI is InChI=1S/C18H17NO4/c1-11-8-13-9-12(2-4-15(13)23-11)18(20)19-14-3-5-16-17(10-14)22-7-6-21-16/h2-5,9-11H,6-8H2,1H3,(H,19,20)/t11-/m0/s1. The van der Waals surface area contributed by atoms with Gasteiger partial charge in [-0.3, -0.25) is 4.79 Å². The molecule has 2 heterocycles. The van der Waals surface area contributed by atoms with Gasteiger partial charge in [0.15, 0.2) is 11.5 Å². The largest absolute Gasteiger partial charge is 0.490 e. The molecule has 5 heteroatoms. The van der Waals surface area contributed by atoms with Gasteiger partial charge in [0.05, 0.1) is 0 Å². The first-order chi connectivity index (χ1) is 11.2. The second-order valence-corrected chi connectivity index (χ2v) is 5.77. The van der Waals surface area contributed by atoms with Gasteiger partial charge in [0, 0.05) is 23.7 Å². The molecule has 1 N–H and O–H groups in total. The van der Waals surface area contributed by atoms with Gasteiger partial charge in [0.25, 0.3) is 5.91 Å². The molecule has 0 saturated heterocycles. The van der Waals surface area contributed by atoms with Crippen LogP contribution in [0.15, 0.2) is 36.4 Å². The van der Waals surface area contributed by atoms with E-state index in [0.29, 0.717) is 36.0 Å². The van der Waals surface area contributed by atoms with Crippen molar-refractivity contribution in [1.82, 2.24) is 0 Å². The zero-order chi connectivity index (χ0) is 15.8. The topological polar surface area (TPSA) is 56.8 Å². The molecule has 2 aliphatic heterocycles. The molecule has 1 amide bonds. The van der Waals surface area contributed by atoms with Crippen LogP contribution in [-0.2, 0) is 6.42 Å². The number of hydrogen-bond donors (Lipinski definition) is 1. The van der Waals surface area contributed by atoms with E-state index in [0.717, 1.165) is 17.7 Å². The molecule has 0 spiro atoms. The quantitative estimate of drug-likeness (QED) is 0.926. The Balaban J connectivity index is 1.53. The monoisotopic (exact) mass is 311 g/mol. The number of fused-ring (bicyclic) bond motifs is 2. The van der Waals surface area contributed by atoms with Gasteiger partial charge in [-0.05, 0) is 42.8 Å². The van der Waals surface area contributed by atoms with Gasteiger partial charge in [-0.25, -0.2) is 0 Å². The third kappa shape index (κ3) is 2.70. The molecule has 5 nitrogen and oxygen atoms in total. The summed E-state index contributed by atoms with van der Waals surface area (Å²) < 4.78 is 16.7. The van der Waals surface area contributed by atoms with Crippen LogP contribution in [0, 0.1) is 0 Å². The summed E-state index contributed by atoms with van der Waals surface area (Å²) in [7, 11) is 0. The van der Waals surface area contributed by atoms with Crippen molar-refractivity contribution >= 4 is 11.6 Å². The molecule has 0 aliphatic carbocycles. The van der Waals surface area contributed by atoms with E-state index in [1.54, 1.807) is 12.1 Å². The van der Waals surface area contributed by atoms with Crippen molar-refractivity contribution in [1.29, 1.82) is 0 Å². The summed E-state index contributed by atoms with van der Waals surface area (Å²) in [6, 6.07) is 10.9. The van der Waals surface area contributed by atoms with Gasteiger partial charge >= 0.3 is 0 Å². The summed E-state index contributed by atoms with van der Waals surface area (Å²) in [5, 5.41) is 2.90. The number of carbonyl (C=O) groups is 1. The molecular weight excluding hydrogens is 294 g/mol. The smallest absolute Gasteiger partial charge is 0.255 e. The van der Waals surface area contributed by atoms with Crippen molar-refractivity contribution in [2.75, 3.05) is 18.5 Å². The Morgan fingerprint density at radius 1 is 1.04 bits per heavy atom. The summed E-state index contributed by atoms with van der Waals surface area (Å²) in [6.07, 6.45) is 1.00. The van der Waals surface area contributed by atoms with E-state index in [4.69, 9.17) is 14.2 Å². The van der Waals surface area contributed by atoms with Crippen LogP contribution in [0.1, 0.15) is 22.8 Å². The number of rotatable bonds is 2. The number of amides is 1. The van der Waals surface area contributed by atoms with Crippen LogP contribution in [0.5, 0.6) is 17.2 Å². The van der Waals surface area contributed by atoms with E-state index < -0.39 is 0 Å². The highest BCUT2D eigenvalue weighted by Crippen LogP contribution is 2.33. The van der Waals surface area contributed by atoms with E-state index in [1.807, 2.05) is 31.2 Å². The van der Waals surface area contributed by atoms with E-state index in [9.17, 15) is 4.79 Å². The minimum Gasteiger partial charge on any atom is -0.490 e. The number of carbonyl (C=O) groups excluding carboxylic acids is 1. The van der Waals surface area contributed by atoms with Crippen LogP contribution in [-0.4, -0.2) is 25.2 Å². The lowest BCUT2D eigenvalue weighted by Gasteiger charge is -2.19. The number of hydrogen-bond acceptors (Lipinski definition) is 4. The van der Waals surface area contributed by atoms with Crippen molar-refractivity contribution in [3.63, 3.8) is 0 Å². The second-order valence-electron chi connectivity index (χ2n) is 5.77. The third-order valence-electron chi connectivity index (χ3n) is 3.96. The molecule has 1 atom stereocenters. The first-order valence-corrected chi connectivity index (χ1v) is 7.69. The number of benzene rings is 2. The third-order valence-corrected chi connectivity index (χ3v) is 3.96. The summed E-state index contributed by atoms with van der Waals surface area (Å²) in [5.41, 5.74) is 2.38. The Morgan fingerprint density at radius 3 is 2.70 bits per heavy atom. The molecule has 2 aliphatic rings. The molecule has 0 saturated carbocycles. The van der Waals surface area contributed by atoms with Gasteiger partial charge < -0.3 is 19.5 Å². The average Bonchev–Trinajstić information content (AvgIpc) is 2.93. The SMILES string of the molecule is C[C@H]1Cc2cc(C(=O)Nc3ccc4c(c3)OCCO4)ccc2O1. The maximum absolute atomic E-state index is 12.4. The van der Waals surface area contributed by atoms with Gasteiger partial charge in [-0.15, -0.1) is 0 Å². The predicted octanol–water partition coefficient (Wildman–Crippen LogP) is 3.03. The fraction of sp³-hybridized carbons (Fsp3) is 0.278. The lowest BCUT2D eigenvalue weighted by atomic mass is 10.1. The molecule has 23 heavy (non-hydrogen) atoms. The Labute approximate surface area is 134 Å². The van der Waals surface area contributed by atoms with Crippen molar-refractivity contribution < 1.29 is 19.0 Å². The van der Waals surface area contributed by atoms with Crippen molar-refractivity contribution in [2.45, 2.75) is 19.4 Å². The first-order valence-electron chi connectivity index (χ1n) is 7.69. The van der Waals surface area contributed by atoms with Crippen LogP contribution in [0.4, 0.5) is 5.69 Å². The van der Waals surface area contributed by atoms with Crippen molar-refractivity contribution in [2.24, 2.45) is 0 Å². The first kappa shape index (κ1) is 13.9.